The second kappa shape index (κ2) is 12.0. The first kappa shape index (κ1) is 24.3. The summed E-state index contributed by atoms with van der Waals surface area (Å²) in [5.41, 5.74) is 6.29. The molecule has 0 aliphatic rings. The van der Waals surface area contributed by atoms with Crippen LogP contribution in [0.5, 0.6) is 0 Å². The molecule has 3 aromatic rings. The molecule has 166 valence electrons. The predicted molar refractivity (Wildman–Crippen MR) is 123 cm³/mol. The van der Waals surface area contributed by atoms with Crippen molar-refractivity contribution in [2.24, 2.45) is 0 Å². The van der Waals surface area contributed by atoms with E-state index in [9.17, 15) is 4.79 Å². The van der Waals surface area contributed by atoms with E-state index in [0.717, 1.165) is 29.9 Å². The van der Waals surface area contributed by atoms with E-state index in [1.165, 1.54) is 11.1 Å². The van der Waals surface area contributed by atoms with Gasteiger partial charge in [-0.15, -0.1) is 0 Å². The molecular weight excluding hydrogens is 408 g/mol. The van der Waals surface area contributed by atoms with E-state index >= 15 is 0 Å². The van der Waals surface area contributed by atoms with Gasteiger partial charge in [0.2, 0.25) is 0 Å². The number of hydrogen-bond donors (Lipinski definition) is 4. The van der Waals surface area contributed by atoms with Crippen molar-refractivity contribution in [3.05, 3.63) is 101 Å². The third kappa shape index (κ3) is 8.41. The lowest BCUT2D eigenvalue weighted by Crippen LogP contribution is -2.14. The molecule has 3 rings (SSSR count). The molecule has 4 N–H and O–H groups in total. The maximum atomic E-state index is 12.3. The smallest absolute Gasteiger partial charge is 0.414 e. The molecule has 0 heterocycles. The van der Waals surface area contributed by atoms with E-state index in [1.807, 2.05) is 49.4 Å². The van der Waals surface area contributed by atoms with Crippen LogP contribution >= 0.6 is 0 Å². The number of hydrogen-bond acceptors (Lipinski definition) is 4. The van der Waals surface area contributed by atoms with Crippen molar-refractivity contribution in [1.82, 2.24) is 5.32 Å². The number of amides is 1. The van der Waals surface area contributed by atoms with Gasteiger partial charge in [0.15, 0.2) is 0 Å². The van der Waals surface area contributed by atoms with Crippen LogP contribution in [-0.2, 0) is 22.7 Å². The number of anilines is 1. The molecule has 3 aromatic carbocycles. The topological polar surface area (TPSA) is 116 Å². The minimum Gasteiger partial charge on any atom is -0.473 e. The molecule has 0 atom stereocenters. The van der Waals surface area contributed by atoms with E-state index in [0.29, 0.717) is 5.56 Å². The molecule has 0 aromatic heterocycles. The van der Waals surface area contributed by atoms with Gasteiger partial charge >= 0.3 is 11.9 Å². The number of aryl methyl sites for hydroxylation is 2. The van der Waals surface area contributed by atoms with Crippen molar-refractivity contribution in [2.75, 3.05) is 5.32 Å². The fourth-order valence-corrected chi connectivity index (χ4v) is 2.72. The molecule has 0 bridgehead atoms. The van der Waals surface area contributed by atoms with Crippen molar-refractivity contribution in [2.45, 2.75) is 26.9 Å². The maximum Gasteiger partial charge on any atom is 0.414 e. The van der Waals surface area contributed by atoms with Crippen LogP contribution in [0.25, 0.3) is 0 Å². The first-order chi connectivity index (χ1) is 15.2. The lowest BCUT2D eigenvalue weighted by Gasteiger charge is -2.09. The van der Waals surface area contributed by atoms with Gasteiger partial charge in [0.05, 0.1) is 0 Å². The van der Waals surface area contributed by atoms with Crippen LogP contribution < -0.4 is 10.6 Å². The summed E-state index contributed by atoms with van der Waals surface area (Å²) in [6, 6.07) is 24.1. The van der Waals surface area contributed by atoms with Gasteiger partial charge in [-0.1, -0.05) is 59.7 Å². The molecule has 7 nitrogen and oxygen atoms in total. The highest BCUT2D eigenvalue weighted by Crippen LogP contribution is 2.13. The summed E-state index contributed by atoms with van der Waals surface area (Å²) < 4.78 is 0. The lowest BCUT2D eigenvalue weighted by atomic mass is 10.1. The second-order valence-electron chi connectivity index (χ2n) is 7.22. The van der Waals surface area contributed by atoms with Gasteiger partial charge in [0.25, 0.3) is 5.91 Å². The van der Waals surface area contributed by atoms with Crippen LogP contribution in [0.15, 0.2) is 72.8 Å². The Morgan fingerprint density at radius 2 is 1.25 bits per heavy atom. The summed E-state index contributed by atoms with van der Waals surface area (Å²) in [6.45, 7) is 5.67. The normalized spacial score (nSPS) is 9.94. The molecule has 0 radical (unpaired) electrons. The SMILES string of the molecule is Cc1ccc(CNCc2cccc(NC(=O)c3ccc(C)cc3)c2)cc1.O=C(O)C(=O)O. The summed E-state index contributed by atoms with van der Waals surface area (Å²) in [5.74, 6) is -3.74. The number of carbonyl (C=O) groups excluding carboxylic acids is 1. The van der Waals surface area contributed by atoms with Gasteiger partial charge in [-0.2, -0.15) is 0 Å². The molecule has 0 aliphatic heterocycles. The third-order valence-electron chi connectivity index (χ3n) is 4.46. The van der Waals surface area contributed by atoms with Gasteiger partial charge in [0, 0.05) is 24.3 Å². The quantitative estimate of drug-likeness (QED) is 0.436. The Morgan fingerprint density at radius 3 is 1.81 bits per heavy atom. The Labute approximate surface area is 186 Å². The van der Waals surface area contributed by atoms with Crippen LogP contribution in [0.2, 0.25) is 0 Å². The van der Waals surface area contributed by atoms with E-state index in [-0.39, 0.29) is 5.91 Å². The van der Waals surface area contributed by atoms with Crippen molar-refractivity contribution in [1.29, 1.82) is 0 Å². The van der Waals surface area contributed by atoms with Gasteiger partial charge in [-0.3, -0.25) is 4.79 Å². The number of rotatable bonds is 6. The Kier molecular flexibility index (Phi) is 9.13. The average molecular weight is 434 g/mol. The number of carboxylic acids is 2. The van der Waals surface area contributed by atoms with Crippen LogP contribution in [-0.4, -0.2) is 28.1 Å². The molecule has 0 saturated heterocycles. The van der Waals surface area contributed by atoms with Crippen LogP contribution in [0.4, 0.5) is 5.69 Å². The molecule has 32 heavy (non-hydrogen) atoms. The Morgan fingerprint density at radius 1 is 0.719 bits per heavy atom. The zero-order valence-electron chi connectivity index (χ0n) is 18.0. The highest BCUT2D eigenvalue weighted by atomic mass is 16.4. The maximum absolute atomic E-state index is 12.3. The Balaban J connectivity index is 0.000000534. The van der Waals surface area contributed by atoms with E-state index in [2.05, 4.69) is 47.9 Å². The van der Waals surface area contributed by atoms with Crippen molar-refractivity contribution >= 4 is 23.5 Å². The molecule has 0 aliphatic carbocycles. The van der Waals surface area contributed by atoms with Crippen molar-refractivity contribution < 1.29 is 24.6 Å². The zero-order chi connectivity index (χ0) is 23.5. The van der Waals surface area contributed by atoms with E-state index in [1.54, 1.807) is 0 Å². The summed E-state index contributed by atoms with van der Waals surface area (Å²) in [7, 11) is 0. The molecular formula is C25H26N2O5. The van der Waals surface area contributed by atoms with Crippen LogP contribution in [0.3, 0.4) is 0 Å². The van der Waals surface area contributed by atoms with Gasteiger partial charge in [-0.25, -0.2) is 9.59 Å². The van der Waals surface area contributed by atoms with Gasteiger partial charge < -0.3 is 20.8 Å². The second-order valence-corrected chi connectivity index (χ2v) is 7.22. The highest BCUT2D eigenvalue weighted by Gasteiger charge is 2.06. The molecule has 7 heteroatoms. The minimum atomic E-state index is -1.82. The van der Waals surface area contributed by atoms with Crippen molar-refractivity contribution in [3.8, 4) is 0 Å². The Bertz CT molecular complexity index is 1050. The number of benzene rings is 3. The average Bonchev–Trinajstić information content (AvgIpc) is 2.76. The first-order valence-electron chi connectivity index (χ1n) is 9.94. The van der Waals surface area contributed by atoms with Crippen LogP contribution in [0.1, 0.15) is 32.6 Å². The largest absolute Gasteiger partial charge is 0.473 e. The predicted octanol–water partition coefficient (Wildman–Crippen LogP) is 4.00. The van der Waals surface area contributed by atoms with Gasteiger partial charge in [0.1, 0.15) is 0 Å². The number of carbonyl (C=O) groups is 3. The summed E-state index contributed by atoms with van der Waals surface area (Å²) in [5, 5.41) is 21.2. The fraction of sp³-hybridized carbons (Fsp3) is 0.160. The van der Waals surface area contributed by atoms with Crippen molar-refractivity contribution in [3.63, 3.8) is 0 Å². The molecule has 0 fully saturated rings. The fourth-order valence-electron chi connectivity index (χ4n) is 2.72. The highest BCUT2D eigenvalue weighted by molar-refractivity contribution is 6.27. The van der Waals surface area contributed by atoms with Crippen LogP contribution in [0, 0.1) is 13.8 Å². The number of nitrogens with one attached hydrogen (secondary N) is 2. The first-order valence-corrected chi connectivity index (χ1v) is 9.94. The lowest BCUT2D eigenvalue weighted by molar-refractivity contribution is -0.159. The Hall–Kier alpha value is -3.97. The van der Waals surface area contributed by atoms with E-state index < -0.39 is 11.9 Å². The molecule has 0 spiro atoms. The summed E-state index contributed by atoms with van der Waals surface area (Å²) >= 11 is 0. The summed E-state index contributed by atoms with van der Waals surface area (Å²) in [6.07, 6.45) is 0. The zero-order valence-corrected chi connectivity index (χ0v) is 18.0. The summed E-state index contributed by atoms with van der Waals surface area (Å²) in [4.78, 5) is 30.5. The molecule has 1 amide bonds. The molecule has 0 unspecified atom stereocenters. The monoisotopic (exact) mass is 434 g/mol. The number of carboxylic acid groups (broad SMARTS) is 2. The minimum absolute atomic E-state index is 0.0882. The number of aliphatic carboxylic acids is 2. The molecule has 0 saturated carbocycles. The third-order valence-corrected chi connectivity index (χ3v) is 4.46. The van der Waals surface area contributed by atoms with Gasteiger partial charge in [-0.05, 0) is 49.2 Å². The standard InChI is InChI=1S/C23H24N2O.C2H2O4/c1-17-6-10-19(11-7-17)15-24-16-20-4-3-5-22(14-20)25-23(26)21-12-8-18(2)9-13-21;3-1(4)2(5)6/h3-14,24H,15-16H2,1-2H3,(H,25,26);(H,3,4)(H,5,6). The van der Waals surface area contributed by atoms with E-state index in [4.69, 9.17) is 19.8 Å².